The van der Waals surface area contributed by atoms with Crippen LogP contribution in [0.15, 0.2) is 24.3 Å². The minimum Gasteiger partial charge on any atom is -0.493 e. The van der Waals surface area contributed by atoms with Gasteiger partial charge in [-0.25, -0.2) is 0 Å². The van der Waals surface area contributed by atoms with E-state index in [1.807, 2.05) is 0 Å². The number of hydrogen-bond donors (Lipinski definition) is 1. The van der Waals surface area contributed by atoms with Crippen molar-refractivity contribution in [1.29, 1.82) is 0 Å². The van der Waals surface area contributed by atoms with Crippen molar-refractivity contribution >= 4 is 0 Å². The lowest BCUT2D eigenvalue weighted by atomic mass is 9.96. The lowest BCUT2D eigenvalue weighted by Crippen LogP contribution is -2.06. The van der Waals surface area contributed by atoms with Crippen molar-refractivity contribution in [3.8, 4) is 22.6 Å². The summed E-state index contributed by atoms with van der Waals surface area (Å²) in [6.07, 6.45) is 0.906. The molecule has 1 aliphatic heterocycles. The van der Waals surface area contributed by atoms with Crippen molar-refractivity contribution in [2.75, 3.05) is 26.4 Å². The average molecular weight is 356 g/mol. The molecule has 1 N–H and O–H groups in total. The van der Waals surface area contributed by atoms with Gasteiger partial charge < -0.3 is 19.3 Å². The van der Waals surface area contributed by atoms with Gasteiger partial charge in [-0.05, 0) is 85.3 Å². The highest BCUT2D eigenvalue weighted by Gasteiger charge is 2.23. The molecule has 0 amide bonds. The minimum absolute atomic E-state index is 0.149. The molecule has 1 aliphatic rings. The third-order valence-electron chi connectivity index (χ3n) is 4.62. The molecule has 1 atom stereocenters. The van der Waals surface area contributed by atoms with Crippen LogP contribution in [-0.4, -0.2) is 37.6 Å². The molecule has 26 heavy (non-hydrogen) atoms. The van der Waals surface area contributed by atoms with Gasteiger partial charge in [0.1, 0.15) is 24.2 Å². The van der Waals surface area contributed by atoms with Gasteiger partial charge in [-0.3, -0.25) is 0 Å². The summed E-state index contributed by atoms with van der Waals surface area (Å²) in [6, 6.07) is 8.68. The minimum atomic E-state index is 0.149. The highest BCUT2D eigenvalue weighted by Crippen LogP contribution is 2.34. The smallest absolute Gasteiger partial charge is 0.125 e. The molecule has 0 saturated carbocycles. The van der Waals surface area contributed by atoms with Gasteiger partial charge in [-0.2, -0.15) is 0 Å². The van der Waals surface area contributed by atoms with Crippen LogP contribution in [0.2, 0.25) is 0 Å². The molecule has 4 heteroatoms. The SMILES string of the molecule is Cc1cc(-c2cc(C)c(OCC3CO3)c(C)c2)cc(C)c1OCCCO. The molecule has 1 fully saturated rings. The molecule has 4 nitrogen and oxygen atoms in total. The Morgan fingerprint density at radius 1 is 0.885 bits per heavy atom. The van der Waals surface area contributed by atoms with Crippen LogP contribution < -0.4 is 9.47 Å². The number of aryl methyl sites for hydroxylation is 4. The summed E-state index contributed by atoms with van der Waals surface area (Å²) < 4.78 is 17.0. The molecule has 1 heterocycles. The van der Waals surface area contributed by atoms with Gasteiger partial charge in [0.2, 0.25) is 0 Å². The summed E-state index contributed by atoms with van der Waals surface area (Å²) in [5, 5.41) is 8.92. The standard InChI is InChI=1S/C22H28O4/c1-14-8-18(9-15(2)21(14)24-7-5-6-23)19-10-16(3)22(17(4)11-19)26-13-20-12-25-20/h8-11,20,23H,5-7,12-13H2,1-4H3. The van der Waals surface area contributed by atoms with E-state index in [0.29, 0.717) is 19.6 Å². The van der Waals surface area contributed by atoms with E-state index in [0.717, 1.165) is 40.4 Å². The van der Waals surface area contributed by atoms with E-state index in [4.69, 9.17) is 19.3 Å². The molecule has 1 unspecified atom stereocenters. The van der Waals surface area contributed by atoms with E-state index in [-0.39, 0.29) is 12.7 Å². The lowest BCUT2D eigenvalue weighted by molar-refractivity contribution is 0.232. The molecule has 140 valence electrons. The maximum atomic E-state index is 8.92. The maximum absolute atomic E-state index is 8.92. The van der Waals surface area contributed by atoms with E-state index in [1.165, 1.54) is 11.1 Å². The largest absolute Gasteiger partial charge is 0.493 e. The van der Waals surface area contributed by atoms with Gasteiger partial charge in [-0.1, -0.05) is 0 Å². The number of rotatable bonds is 8. The van der Waals surface area contributed by atoms with Crippen LogP contribution in [0.1, 0.15) is 28.7 Å². The van der Waals surface area contributed by atoms with Gasteiger partial charge in [0, 0.05) is 13.0 Å². The number of epoxide rings is 1. The number of benzene rings is 2. The first kappa shape index (κ1) is 18.7. The zero-order valence-corrected chi connectivity index (χ0v) is 16.1. The molecule has 0 aromatic heterocycles. The molecule has 2 aromatic rings. The highest BCUT2D eigenvalue weighted by molar-refractivity contribution is 5.70. The Morgan fingerprint density at radius 2 is 1.35 bits per heavy atom. The van der Waals surface area contributed by atoms with Crippen LogP contribution >= 0.6 is 0 Å². The summed E-state index contributed by atoms with van der Waals surface area (Å²) in [5.74, 6) is 1.88. The highest BCUT2D eigenvalue weighted by atomic mass is 16.6. The number of hydrogen-bond acceptors (Lipinski definition) is 4. The quantitative estimate of drug-likeness (QED) is 0.571. The van der Waals surface area contributed by atoms with Crippen molar-refractivity contribution in [3.05, 3.63) is 46.5 Å². The number of aliphatic hydroxyl groups excluding tert-OH is 1. The van der Waals surface area contributed by atoms with Crippen molar-refractivity contribution in [2.45, 2.75) is 40.2 Å². The molecule has 0 bridgehead atoms. The zero-order chi connectivity index (χ0) is 18.7. The fourth-order valence-electron chi connectivity index (χ4n) is 3.27. The molecule has 2 aromatic carbocycles. The van der Waals surface area contributed by atoms with Crippen molar-refractivity contribution < 1.29 is 19.3 Å². The second-order valence-electron chi connectivity index (χ2n) is 7.07. The lowest BCUT2D eigenvalue weighted by Gasteiger charge is -2.16. The number of ether oxygens (including phenoxy) is 3. The van der Waals surface area contributed by atoms with Crippen LogP contribution in [0.25, 0.3) is 11.1 Å². The Balaban J connectivity index is 1.83. The Labute approximate surface area is 155 Å². The van der Waals surface area contributed by atoms with E-state index >= 15 is 0 Å². The first-order valence-corrected chi connectivity index (χ1v) is 9.20. The zero-order valence-electron chi connectivity index (χ0n) is 16.1. The molecular formula is C22H28O4. The third-order valence-corrected chi connectivity index (χ3v) is 4.62. The molecule has 0 radical (unpaired) electrons. The Hall–Kier alpha value is -2.04. The van der Waals surface area contributed by atoms with Crippen molar-refractivity contribution in [2.24, 2.45) is 0 Å². The molecule has 3 rings (SSSR count). The predicted octanol–water partition coefficient (Wildman–Crippen LogP) is 4.13. The second kappa shape index (κ2) is 8.11. The first-order chi connectivity index (χ1) is 12.5. The summed E-state index contributed by atoms with van der Waals surface area (Å²) in [5.41, 5.74) is 6.86. The molecule has 1 saturated heterocycles. The van der Waals surface area contributed by atoms with E-state index in [9.17, 15) is 0 Å². The van der Waals surface area contributed by atoms with Crippen LogP contribution in [0.3, 0.4) is 0 Å². The van der Waals surface area contributed by atoms with Crippen LogP contribution in [0, 0.1) is 27.7 Å². The molecular weight excluding hydrogens is 328 g/mol. The average Bonchev–Trinajstić information content (AvgIpc) is 3.40. The first-order valence-electron chi connectivity index (χ1n) is 9.20. The van der Waals surface area contributed by atoms with Crippen molar-refractivity contribution in [3.63, 3.8) is 0 Å². The van der Waals surface area contributed by atoms with Crippen LogP contribution in [-0.2, 0) is 4.74 Å². The molecule has 0 aliphatic carbocycles. The second-order valence-corrected chi connectivity index (χ2v) is 7.07. The molecule has 0 spiro atoms. The van der Waals surface area contributed by atoms with Gasteiger partial charge >= 0.3 is 0 Å². The van der Waals surface area contributed by atoms with E-state index in [2.05, 4.69) is 52.0 Å². The Kier molecular flexibility index (Phi) is 5.84. The monoisotopic (exact) mass is 356 g/mol. The summed E-state index contributed by atoms with van der Waals surface area (Å²) in [4.78, 5) is 0. The van der Waals surface area contributed by atoms with Crippen LogP contribution in [0.4, 0.5) is 0 Å². The Morgan fingerprint density at radius 3 is 1.77 bits per heavy atom. The van der Waals surface area contributed by atoms with Gasteiger partial charge in [0.05, 0.1) is 13.2 Å². The summed E-state index contributed by atoms with van der Waals surface area (Å²) in [6.45, 7) is 10.4. The topological polar surface area (TPSA) is 51.2 Å². The van der Waals surface area contributed by atoms with E-state index < -0.39 is 0 Å². The summed E-state index contributed by atoms with van der Waals surface area (Å²) in [7, 11) is 0. The van der Waals surface area contributed by atoms with Crippen LogP contribution in [0.5, 0.6) is 11.5 Å². The van der Waals surface area contributed by atoms with E-state index in [1.54, 1.807) is 0 Å². The fraction of sp³-hybridized carbons (Fsp3) is 0.455. The van der Waals surface area contributed by atoms with Gasteiger partial charge in [0.25, 0.3) is 0 Å². The van der Waals surface area contributed by atoms with Gasteiger partial charge in [0.15, 0.2) is 0 Å². The van der Waals surface area contributed by atoms with Gasteiger partial charge in [-0.15, -0.1) is 0 Å². The fourth-order valence-corrected chi connectivity index (χ4v) is 3.27. The maximum Gasteiger partial charge on any atom is 0.125 e. The predicted molar refractivity (Wildman–Crippen MR) is 103 cm³/mol. The Bertz CT molecular complexity index is 732. The normalized spacial score (nSPS) is 15.8. The van der Waals surface area contributed by atoms with Crippen molar-refractivity contribution in [1.82, 2.24) is 0 Å². The number of aliphatic hydroxyl groups is 1. The summed E-state index contributed by atoms with van der Waals surface area (Å²) >= 11 is 0. The third kappa shape index (κ3) is 4.37.